The maximum atomic E-state index is 11.6. The van der Waals surface area contributed by atoms with E-state index in [4.69, 9.17) is 5.11 Å². The molecule has 0 atom stereocenters. The van der Waals surface area contributed by atoms with Crippen molar-refractivity contribution in [3.8, 4) is 0 Å². The van der Waals surface area contributed by atoms with Gasteiger partial charge in [-0.15, -0.1) is 10.2 Å². The van der Waals surface area contributed by atoms with Gasteiger partial charge >= 0.3 is 12.0 Å². The quantitative estimate of drug-likeness (QED) is 0.745. The predicted molar refractivity (Wildman–Crippen MR) is 76.9 cm³/mol. The molecular formula is C12H20N4O3S. The molecule has 0 aliphatic heterocycles. The Labute approximate surface area is 121 Å². The topological polar surface area (TPSA) is 104 Å². The predicted octanol–water partition coefficient (Wildman–Crippen LogP) is 1.97. The van der Waals surface area contributed by atoms with Crippen LogP contribution in [-0.2, 0) is 11.2 Å². The molecule has 7 nitrogen and oxygen atoms in total. The molecule has 0 spiro atoms. The molecule has 0 aliphatic rings. The van der Waals surface area contributed by atoms with Gasteiger partial charge in [0.15, 0.2) is 0 Å². The van der Waals surface area contributed by atoms with E-state index in [9.17, 15) is 9.59 Å². The molecule has 1 heterocycles. The second kappa shape index (κ2) is 6.65. The van der Waals surface area contributed by atoms with Crippen molar-refractivity contribution < 1.29 is 14.7 Å². The Kier molecular flexibility index (Phi) is 5.43. The third-order valence-electron chi connectivity index (χ3n) is 2.54. The van der Waals surface area contributed by atoms with Crippen LogP contribution in [0, 0.1) is 11.3 Å². The van der Waals surface area contributed by atoms with Gasteiger partial charge in [-0.25, -0.2) is 4.79 Å². The van der Waals surface area contributed by atoms with E-state index in [-0.39, 0.29) is 6.54 Å². The minimum absolute atomic E-state index is 0.0336. The van der Waals surface area contributed by atoms with Gasteiger partial charge in [0, 0.05) is 13.0 Å². The summed E-state index contributed by atoms with van der Waals surface area (Å²) in [5.74, 6) is -0.492. The van der Waals surface area contributed by atoms with Gasteiger partial charge in [0.25, 0.3) is 0 Å². The lowest BCUT2D eigenvalue weighted by Crippen LogP contribution is -2.40. The second-order valence-electron chi connectivity index (χ2n) is 5.60. The average Bonchev–Trinajstić information content (AvgIpc) is 2.73. The third-order valence-corrected chi connectivity index (χ3v) is 3.40. The van der Waals surface area contributed by atoms with Gasteiger partial charge < -0.3 is 10.4 Å². The lowest BCUT2D eigenvalue weighted by atomic mass is 9.94. The number of urea groups is 1. The fraction of sp³-hybridized carbons (Fsp3) is 0.667. The summed E-state index contributed by atoms with van der Waals surface area (Å²) < 4.78 is 0. The summed E-state index contributed by atoms with van der Waals surface area (Å²) >= 11 is 1.32. The zero-order valence-electron chi connectivity index (χ0n) is 12.1. The van der Waals surface area contributed by atoms with Gasteiger partial charge in [-0.3, -0.25) is 10.1 Å². The summed E-state index contributed by atoms with van der Waals surface area (Å²) in [5.41, 5.74) is -1.01. The Balaban J connectivity index is 2.47. The zero-order valence-corrected chi connectivity index (χ0v) is 12.9. The first-order chi connectivity index (χ1) is 9.20. The van der Waals surface area contributed by atoms with Crippen molar-refractivity contribution in [3.05, 3.63) is 5.01 Å². The average molecular weight is 300 g/mol. The summed E-state index contributed by atoms with van der Waals surface area (Å²) in [6.07, 6.45) is 0.813. The van der Waals surface area contributed by atoms with E-state index in [1.807, 2.05) is 0 Å². The maximum absolute atomic E-state index is 11.6. The number of aromatic nitrogens is 2. The summed E-state index contributed by atoms with van der Waals surface area (Å²) in [5, 5.41) is 23.1. The van der Waals surface area contributed by atoms with E-state index >= 15 is 0 Å². The smallest absolute Gasteiger partial charge is 0.321 e. The molecule has 2 amide bonds. The van der Waals surface area contributed by atoms with Crippen LogP contribution in [0.4, 0.5) is 9.93 Å². The summed E-state index contributed by atoms with van der Waals surface area (Å²) in [6.45, 7) is 7.28. The molecular weight excluding hydrogens is 280 g/mol. The Hall–Kier alpha value is -1.70. The number of nitrogens with zero attached hydrogens (tertiary/aromatic N) is 2. The molecule has 0 saturated carbocycles. The number of anilines is 1. The van der Waals surface area contributed by atoms with Crippen molar-refractivity contribution in [1.82, 2.24) is 15.5 Å². The largest absolute Gasteiger partial charge is 0.481 e. The van der Waals surface area contributed by atoms with Crippen LogP contribution in [0.1, 0.15) is 32.7 Å². The van der Waals surface area contributed by atoms with Crippen molar-refractivity contribution in [3.63, 3.8) is 0 Å². The molecule has 0 aromatic carbocycles. The molecule has 0 saturated heterocycles. The summed E-state index contributed by atoms with van der Waals surface area (Å²) in [4.78, 5) is 22.5. The van der Waals surface area contributed by atoms with E-state index in [1.165, 1.54) is 11.3 Å². The highest BCUT2D eigenvalue weighted by atomic mass is 32.1. The molecule has 0 fully saturated rings. The molecule has 0 unspecified atom stereocenters. The SMILES string of the molecule is CC(C)Cc1nnc(NC(=O)NCC(C)(C)C(=O)O)s1. The Morgan fingerprint density at radius 2 is 2.00 bits per heavy atom. The number of carbonyl (C=O) groups excluding carboxylic acids is 1. The van der Waals surface area contributed by atoms with Crippen LogP contribution < -0.4 is 10.6 Å². The fourth-order valence-corrected chi connectivity index (χ4v) is 2.20. The molecule has 0 radical (unpaired) electrons. The van der Waals surface area contributed by atoms with E-state index in [0.717, 1.165) is 11.4 Å². The van der Waals surface area contributed by atoms with Crippen LogP contribution in [-0.4, -0.2) is 33.8 Å². The van der Waals surface area contributed by atoms with Crippen LogP contribution in [0.2, 0.25) is 0 Å². The van der Waals surface area contributed by atoms with Crippen molar-refractivity contribution in [2.45, 2.75) is 34.1 Å². The van der Waals surface area contributed by atoms with Crippen molar-refractivity contribution in [2.75, 3.05) is 11.9 Å². The van der Waals surface area contributed by atoms with E-state index in [2.05, 4.69) is 34.7 Å². The van der Waals surface area contributed by atoms with Gasteiger partial charge in [-0.2, -0.15) is 0 Å². The molecule has 112 valence electrons. The van der Waals surface area contributed by atoms with Gasteiger partial charge in [-0.1, -0.05) is 25.2 Å². The molecule has 1 rings (SSSR count). The number of aliphatic carboxylic acids is 1. The zero-order chi connectivity index (χ0) is 15.3. The molecule has 0 aliphatic carbocycles. The van der Waals surface area contributed by atoms with Gasteiger partial charge in [-0.05, 0) is 19.8 Å². The minimum Gasteiger partial charge on any atom is -0.481 e. The first-order valence-electron chi connectivity index (χ1n) is 6.31. The number of hydrogen-bond donors (Lipinski definition) is 3. The number of carboxylic acid groups (broad SMARTS) is 1. The molecule has 8 heteroatoms. The van der Waals surface area contributed by atoms with Crippen LogP contribution in [0.15, 0.2) is 0 Å². The van der Waals surface area contributed by atoms with E-state index in [1.54, 1.807) is 13.8 Å². The standard InChI is InChI=1S/C12H20N4O3S/c1-7(2)5-8-15-16-11(20-8)14-10(19)13-6-12(3,4)9(17)18/h7H,5-6H2,1-4H3,(H,17,18)(H2,13,14,16,19). The summed E-state index contributed by atoms with van der Waals surface area (Å²) in [6, 6.07) is -0.480. The van der Waals surface area contributed by atoms with Crippen molar-refractivity contribution >= 4 is 28.5 Å². The van der Waals surface area contributed by atoms with Gasteiger partial charge in [0.2, 0.25) is 5.13 Å². The monoisotopic (exact) mass is 300 g/mol. The molecule has 0 bridgehead atoms. The molecule has 20 heavy (non-hydrogen) atoms. The minimum atomic E-state index is -1.01. The van der Waals surface area contributed by atoms with Crippen LogP contribution in [0.3, 0.4) is 0 Å². The lowest BCUT2D eigenvalue weighted by molar-refractivity contribution is -0.146. The lowest BCUT2D eigenvalue weighted by Gasteiger charge is -2.19. The molecule has 3 N–H and O–H groups in total. The molecule has 1 aromatic heterocycles. The normalized spacial score (nSPS) is 11.4. The van der Waals surface area contributed by atoms with Crippen LogP contribution in [0.5, 0.6) is 0 Å². The number of carboxylic acids is 1. The first-order valence-corrected chi connectivity index (χ1v) is 7.13. The van der Waals surface area contributed by atoms with Gasteiger partial charge in [0.05, 0.1) is 5.41 Å². The van der Waals surface area contributed by atoms with E-state index in [0.29, 0.717) is 11.0 Å². The van der Waals surface area contributed by atoms with Crippen LogP contribution >= 0.6 is 11.3 Å². The highest BCUT2D eigenvalue weighted by molar-refractivity contribution is 7.15. The number of amides is 2. The Morgan fingerprint density at radius 3 is 2.55 bits per heavy atom. The van der Waals surface area contributed by atoms with Crippen molar-refractivity contribution in [2.24, 2.45) is 11.3 Å². The number of rotatable bonds is 6. The molecule has 1 aromatic rings. The van der Waals surface area contributed by atoms with E-state index < -0.39 is 17.4 Å². The third kappa shape index (κ3) is 5.12. The maximum Gasteiger partial charge on any atom is 0.321 e. The highest BCUT2D eigenvalue weighted by Crippen LogP contribution is 2.18. The first kappa shape index (κ1) is 16.4. The van der Waals surface area contributed by atoms with Crippen molar-refractivity contribution in [1.29, 1.82) is 0 Å². The highest BCUT2D eigenvalue weighted by Gasteiger charge is 2.27. The van der Waals surface area contributed by atoms with Crippen LogP contribution in [0.25, 0.3) is 0 Å². The summed E-state index contributed by atoms with van der Waals surface area (Å²) in [7, 11) is 0. The van der Waals surface area contributed by atoms with Gasteiger partial charge in [0.1, 0.15) is 5.01 Å². The second-order valence-corrected chi connectivity index (χ2v) is 6.66. The Bertz CT molecular complexity index is 485. The fourth-order valence-electron chi connectivity index (χ4n) is 1.25. The Morgan fingerprint density at radius 1 is 1.35 bits per heavy atom. The number of carbonyl (C=O) groups is 2. The number of nitrogens with one attached hydrogen (secondary N) is 2. The number of hydrogen-bond acceptors (Lipinski definition) is 5.